The van der Waals surface area contributed by atoms with Crippen molar-refractivity contribution in [1.29, 1.82) is 0 Å². The fourth-order valence-corrected chi connectivity index (χ4v) is 3.36. The number of piperidine rings is 1. The molecule has 1 aromatic heterocycles. The topological polar surface area (TPSA) is 78.6 Å². The Morgan fingerprint density at radius 1 is 1.38 bits per heavy atom. The minimum absolute atomic E-state index is 0.215. The van der Waals surface area contributed by atoms with Crippen LogP contribution in [-0.2, 0) is 13.6 Å². The number of hydrogen-bond acceptors (Lipinski definition) is 4. The molecule has 0 aliphatic carbocycles. The second-order valence-electron chi connectivity index (χ2n) is 6.46. The molecule has 1 aliphatic rings. The maximum atomic E-state index is 11.1. The number of carbonyl (C=O) groups is 1. The molecule has 1 aliphatic heterocycles. The van der Waals surface area contributed by atoms with Gasteiger partial charge in [-0.1, -0.05) is 12.1 Å². The van der Waals surface area contributed by atoms with Gasteiger partial charge in [0.15, 0.2) is 0 Å². The number of aryl methyl sites for hydroxylation is 1. The van der Waals surface area contributed by atoms with Crippen molar-refractivity contribution in [3.63, 3.8) is 0 Å². The van der Waals surface area contributed by atoms with Gasteiger partial charge in [-0.3, -0.25) is 4.90 Å². The van der Waals surface area contributed by atoms with Gasteiger partial charge >= 0.3 is 5.97 Å². The van der Waals surface area contributed by atoms with Gasteiger partial charge < -0.3 is 14.8 Å². The summed E-state index contributed by atoms with van der Waals surface area (Å²) >= 11 is 0. The van der Waals surface area contributed by atoms with Gasteiger partial charge in [-0.25, -0.2) is 9.78 Å². The number of aromatic carboxylic acids is 1. The van der Waals surface area contributed by atoms with E-state index in [1.807, 2.05) is 23.9 Å². The summed E-state index contributed by atoms with van der Waals surface area (Å²) in [5.41, 5.74) is 1.34. The zero-order valence-electron chi connectivity index (χ0n) is 13.8. The van der Waals surface area contributed by atoms with E-state index in [-0.39, 0.29) is 5.92 Å². The highest BCUT2D eigenvalue weighted by molar-refractivity contribution is 5.87. The molecule has 24 heavy (non-hydrogen) atoms. The third-order valence-corrected chi connectivity index (χ3v) is 4.78. The van der Waals surface area contributed by atoms with Gasteiger partial charge in [0.05, 0.1) is 5.56 Å². The summed E-state index contributed by atoms with van der Waals surface area (Å²) in [6.45, 7) is 2.53. The third-order valence-electron chi connectivity index (χ3n) is 4.78. The number of aliphatic hydroxyl groups is 1. The summed E-state index contributed by atoms with van der Waals surface area (Å²) in [5, 5.41) is 19.6. The van der Waals surface area contributed by atoms with Gasteiger partial charge in [-0.15, -0.1) is 0 Å². The SMILES string of the molecule is Cn1ccnc1C(O)C1CCN(Cc2cccc(C(=O)O)c2)CC1. The van der Waals surface area contributed by atoms with E-state index in [9.17, 15) is 9.90 Å². The van der Waals surface area contributed by atoms with E-state index >= 15 is 0 Å². The lowest BCUT2D eigenvalue weighted by Crippen LogP contribution is -2.35. The molecule has 0 spiro atoms. The smallest absolute Gasteiger partial charge is 0.335 e. The zero-order chi connectivity index (χ0) is 17.1. The number of benzene rings is 1. The monoisotopic (exact) mass is 329 g/mol. The number of likely N-dealkylation sites (tertiary alicyclic amines) is 1. The van der Waals surface area contributed by atoms with Crippen LogP contribution in [0.4, 0.5) is 0 Å². The molecule has 2 heterocycles. The van der Waals surface area contributed by atoms with Crippen molar-refractivity contribution >= 4 is 5.97 Å². The van der Waals surface area contributed by atoms with Crippen molar-refractivity contribution in [2.75, 3.05) is 13.1 Å². The maximum absolute atomic E-state index is 11.1. The van der Waals surface area contributed by atoms with E-state index in [4.69, 9.17) is 5.11 Å². The second kappa shape index (κ2) is 7.15. The van der Waals surface area contributed by atoms with Crippen molar-refractivity contribution in [2.24, 2.45) is 13.0 Å². The second-order valence-corrected chi connectivity index (χ2v) is 6.46. The molecular formula is C18H23N3O3. The Balaban J connectivity index is 1.56. The summed E-state index contributed by atoms with van der Waals surface area (Å²) < 4.78 is 1.87. The highest BCUT2D eigenvalue weighted by atomic mass is 16.4. The fourth-order valence-electron chi connectivity index (χ4n) is 3.36. The molecule has 128 valence electrons. The van der Waals surface area contributed by atoms with Gasteiger partial charge in [-0.05, 0) is 49.5 Å². The molecule has 0 bridgehead atoms. The number of hydrogen-bond donors (Lipinski definition) is 2. The van der Waals surface area contributed by atoms with E-state index in [1.54, 1.807) is 24.4 Å². The lowest BCUT2D eigenvalue weighted by Gasteiger charge is -2.34. The zero-order valence-corrected chi connectivity index (χ0v) is 13.8. The van der Waals surface area contributed by atoms with Gasteiger partial charge in [0, 0.05) is 26.0 Å². The van der Waals surface area contributed by atoms with Gasteiger partial charge in [0.2, 0.25) is 0 Å². The first-order valence-corrected chi connectivity index (χ1v) is 8.24. The van der Waals surface area contributed by atoms with Crippen molar-refractivity contribution < 1.29 is 15.0 Å². The molecule has 1 unspecified atom stereocenters. The molecule has 2 aromatic rings. The van der Waals surface area contributed by atoms with Crippen LogP contribution >= 0.6 is 0 Å². The summed E-state index contributed by atoms with van der Waals surface area (Å²) in [6.07, 6.45) is 4.86. The van der Waals surface area contributed by atoms with Crippen LogP contribution in [0.25, 0.3) is 0 Å². The van der Waals surface area contributed by atoms with E-state index in [1.165, 1.54) is 0 Å². The van der Waals surface area contributed by atoms with E-state index in [2.05, 4.69) is 9.88 Å². The average Bonchev–Trinajstić information content (AvgIpc) is 3.01. The predicted molar refractivity (Wildman–Crippen MR) is 89.6 cm³/mol. The Morgan fingerprint density at radius 2 is 2.12 bits per heavy atom. The summed E-state index contributed by atoms with van der Waals surface area (Å²) in [5.74, 6) is 0.0454. The molecule has 1 aromatic carbocycles. The maximum Gasteiger partial charge on any atom is 0.335 e. The summed E-state index contributed by atoms with van der Waals surface area (Å²) in [6, 6.07) is 7.09. The van der Waals surface area contributed by atoms with E-state index in [0.29, 0.717) is 5.56 Å². The first-order valence-electron chi connectivity index (χ1n) is 8.24. The lowest BCUT2D eigenvalue weighted by molar-refractivity contribution is 0.0491. The first-order chi connectivity index (χ1) is 11.5. The van der Waals surface area contributed by atoms with Crippen molar-refractivity contribution in [2.45, 2.75) is 25.5 Å². The number of carboxylic acids is 1. The van der Waals surface area contributed by atoms with E-state index < -0.39 is 12.1 Å². The lowest BCUT2D eigenvalue weighted by atomic mass is 9.90. The Bertz CT molecular complexity index is 705. The van der Waals surface area contributed by atoms with Crippen LogP contribution in [0.2, 0.25) is 0 Å². The first kappa shape index (κ1) is 16.7. The van der Waals surface area contributed by atoms with E-state index in [0.717, 1.165) is 43.9 Å². The van der Waals surface area contributed by atoms with Crippen molar-refractivity contribution in [1.82, 2.24) is 14.5 Å². The third kappa shape index (κ3) is 3.66. The highest BCUT2D eigenvalue weighted by Crippen LogP contribution is 2.30. The minimum Gasteiger partial charge on any atom is -0.478 e. The van der Waals surface area contributed by atoms with Crippen molar-refractivity contribution in [3.8, 4) is 0 Å². The Morgan fingerprint density at radius 3 is 2.75 bits per heavy atom. The Labute approximate surface area is 141 Å². The van der Waals surface area contributed by atoms with Gasteiger partial charge in [0.1, 0.15) is 11.9 Å². The number of rotatable bonds is 5. The molecule has 1 fully saturated rings. The van der Waals surface area contributed by atoms with Crippen LogP contribution in [0.3, 0.4) is 0 Å². The number of nitrogens with zero attached hydrogens (tertiary/aromatic N) is 3. The number of aliphatic hydroxyl groups excluding tert-OH is 1. The molecule has 1 atom stereocenters. The normalized spacial score (nSPS) is 17.8. The quantitative estimate of drug-likeness (QED) is 0.878. The van der Waals surface area contributed by atoms with Crippen LogP contribution in [0.1, 0.15) is 40.7 Å². The molecule has 2 N–H and O–H groups in total. The average molecular weight is 329 g/mol. The van der Waals surface area contributed by atoms with Crippen LogP contribution in [-0.4, -0.2) is 43.7 Å². The largest absolute Gasteiger partial charge is 0.478 e. The van der Waals surface area contributed by atoms with Crippen LogP contribution in [0, 0.1) is 5.92 Å². The molecule has 1 saturated heterocycles. The Hall–Kier alpha value is -2.18. The van der Waals surface area contributed by atoms with Crippen LogP contribution < -0.4 is 0 Å². The fraction of sp³-hybridized carbons (Fsp3) is 0.444. The minimum atomic E-state index is -0.895. The standard InChI is InChI=1S/C18H23N3O3/c1-20-10-7-19-17(20)16(22)14-5-8-21(9-6-14)12-13-3-2-4-15(11-13)18(23)24/h2-4,7,10-11,14,16,22H,5-6,8-9,12H2,1H3,(H,23,24). The molecule has 0 amide bonds. The van der Waals surface area contributed by atoms with Crippen molar-refractivity contribution in [3.05, 3.63) is 53.6 Å². The number of imidazole rings is 1. The molecule has 0 saturated carbocycles. The van der Waals surface area contributed by atoms with Gasteiger partial charge in [-0.2, -0.15) is 0 Å². The molecule has 3 rings (SSSR count). The number of carboxylic acid groups (broad SMARTS) is 1. The summed E-state index contributed by atoms with van der Waals surface area (Å²) in [7, 11) is 1.90. The Kier molecular flexibility index (Phi) is 4.97. The van der Waals surface area contributed by atoms with Gasteiger partial charge in [0.25, 0.3) is 0 Å². The highest BCUT2D eigenvalue weighted by Gasteiger charge is 2.28. The van der Waals surface area contributed by atoms with Crippen LogP contribution in [0.5, 0.6) is 0 Å². The predicted octanol–water partition coefficient (Wildman–Crippen LogP) is 2.06. The molecular weight excluding hydrogens is 306 g/mol. The van der Waals surface area contributed by atoms with Crippen LogP contribution in [0.15, 0.2) is 36.7 Å². The number of aromatic nitrogens is 2. The summed E-state index contributed by atoms with van der Waals surface area (Å²) in [4.78, 5) is 17.6. The molecule has 6 heteroatoms. The molecule has 6 nitrogen and oxygen atoms in total. The molecule has 0 radical (unpaired) electrons.